The van der Waals surface area contributed by atoms with Gasteiger partial charge in [-0.05, 0) is 36.8 Å². The van der Waals surface area contributed by atoms with E-state index >= 15 is 0 Å². The Balaban J connectivity index is 1.71. The number of nitrogens with one attached hydrogen (secondary N) is 2. The largest absolute Gasteiger partial charge is 0.402 e. The Morgan fingerprint density at radius 3 is 2.31 bits per heavy atom. The summed E-state index contributed by atoms with van der Waals surface area (Å²) >= 11 is 0. The summed E-state index contributed by atoms with van der Waals surface area (Å²) in [7, 11) is 0. The van der Waals surface area contributed by atoms with E-state index in [1.807, 2.05) is 6.08 Å². The molecular formula is C21H27N7O. The Morgan fingerprint density at radius 1 is 1.03 bits per heavy atom. The van der Waals surface area contributed by atoms with Crippen LogP contribution in [0.2, 0.25) is 0 Å². The molecule has 2 heterocycles. The van der Waals surface area contributed by atoms with Crippen molar-refractivity contribution in [2.45, 2.75) is 32.1 Å². The van der Waals surface area contributed by atoms with Crippen LogP contribution >= 0.6 is 0 Å². The van der Waals surface area contributed by atoms with Gasteiger partial charge in [0, 0.05) is 61.0 Å². The first-order chi connectivity index (χ1) is 14.0. The Hall–Kier alpha value is -3.34. The number of nitrogens with two attached hydrogens (primary N) is 2. The number of hydrogen-bond acceptors (Lipinski definition) is 6. The van der Waals surface area contributed by atoms with Crippen molar-refractivity contribution in [3.63, 3.8) is 0 Å². The van der Waals surface area contributed by atoms with Crippen LogP contribution in [0.25, 0.3) is 0 Å². The minimum absolute atomic E-state index is 0.0446. The molecule has 0 aromatic rings. The highest BCUT2D eigenvalue weighted by molar-refractivity contribution is 5.82. The summed E-state index contributed by atoms with van der Waals surface area (Å²) in [6.45, 7) is 2.02. The van der Waals surface area contributed by atoms with Crippen molar-refractivity contribution in [1.82, 2.24) is 9.80 Å². The van der Waals surface area contributed by atoms with Crippen LogP contribution in [-0.2, 0) is 0 Å². The fraction of sp³-hybridized carbons (Fsp3) is 0.429. The molecule has 1 fully saturated rings. The van der Waals surface area contributed by atoms with E-state index < -0.39 is 0 Å². The number of hydrogen-bond donors (Lipinski definition) is 4. The number of likely N-dealkylation sites (tertiary alicyclic amines) is 1. The average Bonchev–Trinajstić information content (AvgIpc) is 2.75. The van der Waals surface area contributed by atoms with E-state index in [2.05, 4.69) is 6.07 Å². The summed E-state index contributed by atoms with van der Waals surface area (Å²) in [5.41, 5.74) is 17.1. The molecule has 2 aliphatic heterocycles. The number of amides is 2. The molecule has 29 heavy (non-hydrogen) atoms. The Morgan fingerprint density at radius 2 is 1.69 bits per heavy atom. The average molecular weight is 393 g/mol. The van der Waals surface area contributed by atoms with Crippen molar-refractivity contribution < 1.29 is 4.79 Å². The van der Waals surface area contributed by atoms with Gasteiger partial charge in [0.05, 0.1) is 18.2 Å². The van der Waals surface area contributed by atoms with Gasteiger partial charge < -0.3 is 32.1 Å². The highest BCUT2D eigenvalue weighted by Crippen LogP contribution is 2.31. The first-order valence-electron chi connectivity index (χ1n) is 9.84. The van der Waals surface area contributed by atoms with Crippen molar-refractivity contribution in [3.8, 4) is 6.07 Å². The lowest BCUT2D eigenvalue weighted by Gasteiger charge is -2.36. The van der Waals surface area contributed by atoms with Crippen LogP contribution in [0, 0.1) is 22.1 Å². The zero-order valence-corrected chi connectivity index (χ0v) is 16.5. The second-order valence-corrected chi connectivity index (χ2v) is 7.47. The van der Waals surface area contributed by atoms with Gasteiger partial charge in [0.25, 0.3) is 0 Å². The lowest BCUT2D eigenvalue weighted by molar-refractivity contribution is 0.152. The number of nitrogens with zero attached hydrogens (tertiary/aromatic N) is 3. The Bertz CT molecular complexity index is 890. The summed E-state index contributed by atoms with van der Waals surface area (Å²) in [5, 5.41) is 24.7. The molecule has 6 N–H and O–H groups in total. The molecule has 2 amide bonds. The molecule has 0 spiro atoms. The lowest BCUT2D eigenvalue weighted by Crippen LogP contribution is -2.48. The van der Waals surface area contributed by atoms with Gasteiger partial charge in [-0.3, -0.25) is 0 Å². The molecule has 1 aliphatic carbocycles. The lowest BCUT2D eigenvalue weighted by atomic mass is 9.87. The maximum atomic E-state index is 12.9. The molecule has 0 aromatic heterocycles. The van der Waals surface area contributed by atoms with Gasteiger partial charge in [0.15, 0.2) is 0 Å². The molecular weight excluding hydrogens is 366 g/mol. The van der Waals surface area contributed by atoms with Gasteiger partial charge in [-0.15, -0.1) is 0 Å². The Kier molecular flexibility index (Phi) is 6.17. The van der Waals surface area contributed by atoms with E-state index in [-0.39, 0.29) is 6.03 Å². The van der Waals surface area contributed by atoms with Crippen LogP contribution < -0.4 is 11.5 Å². The van der Waals surface area contributed by atoms with Crippen molar-refractivity contribution in [1.29, 1.82) is 16.1 Å². The van der Waals surface area contributed by atoms with Crippen LogP contribution in [0.3, 0.4) is 0 Å². The zero-order valence-electron chi connectivity index (χ0n) is 16.5. The number of allylic oxidation sites excluding steroid dienone is 3. The first-order valence-corrected chi connectivity index (χ1v) is 9.84. The maximum Gasteiger partial charge on any atom is 0.320 e. The fourth-order valence-corrected chi connectivity index (χ4v) is 4.03. The van der Waals surface area contributed by atoms with Gasteiger partial charge >= 0.3 is 6.03 Å². The second kappa shape index (κ2) is 8.78. The Labute approximate surface area is 170 Å². The quantitative estimate of drug-likeness (QED) is 0.429. The summed E-state index contributed by atoms with van der Waals surface area (Å²) in [6, 6.07) is 2.26. The third kappa shape index (κ3) is 4.09. The number of urea groups is 1. The minimum Gasteiger partial charge on any atom is -0.402 e. The number of carbonyl (C=O) groups excluding carboxylic acids is 1. The molecule has 1 saturated heterocycles. The van der Waals surface area contributed by atoms with Crippen LogP contribution in [-0.4, -0.2) is 54.4 Å². The van der Waals surface area contributed by atoms with Crippen LogP contribution in [0.1, 0.15) is 32.1 Å². The normalized spacial score (nSPS) is 20.2. The van der Waals surface area contributed by atoms with Crippen LogP contribution in [0.5, 0.6) is 0 Å². The van der Waals surface area contributed by atoms with E-state index in [0.717, 1.165) is 29.6 Å². The number of nitriles is 1. The van der Waals surface area contributed by atoms with E-state index in [1.165, 1.54) is 12.4 Å². The summed E-state index contributed by atoms with van der Waals surface area (Å²) < 4.78 is 0. The number of rotatable bonds is 3. The fourth-order valence-electron chi connectivity index (χ4n) is 4.03. The third-order valence-electron chi connectivity index (χ3n) is 5.81. The molecule has 8 heteroatoms. The summed E-state index contributed by atoms with van der Waals surface area (Å²) in [6.07, 6.45) is 7.81. The van der Waals surface area contributed by atoms with E-state index in [9.17, 15) is 10.1 Å². The smallest absolute Gasteiger partial charge is 0.320 e. The molecule has 0 bridgehead atoms. The number of piperidine rings is 1. The van der Waals surface area contributed by atoms with Crippen molar-refractivity contribution in [2.24, 2.45) is 11.5 Å². The molecule has 0 unspecified atom stereocenters. The maximum absolute atomic E-state index is 12.9. The van der Waals surface area contributed by atoms with Crippen LogP contribution in [0.15, 0.2) is 45.3 Å². The molecule has 152 valence electrons. The highest BCUT2D eigenvalue weighted by Gasteiger charge is 2.28. The molecule has 0 radical (unpaired) electrons. The van der Waals surface area contributed by atoms with Gasteiger partial charge in [0.1, 0.15) is 0 Å². The van der Waals surface area contributed by atoms with Crippen molar-refractivity contribution in [3.05, 3.63) is 45.3 Å². The van der Waals surface area contributed by atoms with Crippen LogP contribution in [0.4, 0.5) is 4.79 Å². The highest BCUT2D eigenvalue weighted by atomic mass is 16.2. The van der Waals surface area contributed by atoms with E-state index in [1.54, 1.807) is 9.80 Å². The molecule has 0 aromatic carbocycles. The summed E-state index contributed by atoms with van der Waals surface area (Å²) in [5.74, 6) is 0. The van der Waals surface area contributed by atoms with Gasteiger partial charge in [0.2, 0.25) is 0 Å². The SMILES string of the molecule is N#CC(C1=CCCC(C=N)=C1N)=C1CCN(C(=O)N2CCC(N)=C(C=N)C2)CC1. The molecule has 8 nitrogen and oxygen atoms in total. The predicted molar refractivity (Wildman–Crippen MR) is 112 cm³/mol. The van der Waals surface area contributed by atoms with E-state index in [0.29, 0.717) is 68.0 Å². The molecule has 0 saturated carbocycles. The van der Waals surface area contributed by atoms with Crippen molar-refractivity contribution in [2.75, 3.05) is 26.2 Å². The topological polar surface area (TPSA) is 147 Å². The van der Waals surface area contributed by atoms with Gasteiger partial charge in [-0.2, -0.15) is 5.26 Å². The zero-order chi connectivity index (χ0) is 21.0. The predicted octanol–water partition coefficient (Wildman–Crippen LogP) is 2.17. The summed E-state index contributed by atoms with van der Waals surface area (Å²) in [4.78, 5) is 16.4. The molecule has 3 rings (SSSR count). The van der Waals surface area contributed by atoms with Gasteiger partial charge in [-0.25, -0.2) is 4.79 Å². The van der Waals surface area contributed by atoms with E-state index in [4.69, 9.17) is 22.3 Å². The third-order valence-corrected chi connectivity index (χ3v) is 5.81. The van der Waals surface area contributed by atoms with Gasteiger partial charge in [-0.1, -0.05) is 6.08 Å². The monoisotopic (exact) mass is 393 g/mol. The first kappa shape index (κ1) is 20.4. The number of carbonyl (C=O) groups is 1. The minimum atomic E-state index is -0.0446. The second-order valence-electron chi connectivity index (χ2n) is 7.47. The molecule has 3 aliphatic rings. The van der Waals surface area contributed by atoms with Crippen molar-refractivity contribution >= 4 is 18.5 Å². The standard InChI is InChI=1S/C21H27N7O/c22-10-15-2-1-3-17(20(15)26)18(12-24)14-4-7-27(8-5-14)21(29)28-9-6-19(25)16(11-23)13-28/h3,10-11,22-23H,1-2,4-9,13,25-26H2. The molecule has 0 atom stereocenters.